The molecule has 98 valence electrons. The fraction of sp³-hybridized carbons (Fsp3) is 0.105. The second-order valence-corrected chi connectivity index (χ2v) is 5.17. The summed E-state index contributed by atoms with van der Waals surface area (Å²) in [5, 5.41) is 0. The zero-order valence-electron chi connectivity index (χ0n) is 11.8. The number of pyridine rings is 1. The molecule has 0 amide bonds. The zero-order valence-corrected chi connectivity index (χ0v) is 11.8. The van der Waals surface area contributed by atoms with E-state index in [0.717, 1.165) is 11.3 Å². The van der Waals surface area contributed by atoms with Gasteiger partial charge in [-0.1, -0.05) is 53.6 Å². The molecule has 3 rings (SSSR count). The van der Waals surface area contributed by atoms with Gasteiger partial charge >= 0.3 is 0 Å². The summed E-state index contributed by atoms with van der Waals surface area (Å²) < 4.78 is 0. The van der Waals surface area contributed by atoms with E-state index in [9.17, 15) is 0 Å². The molecule has 0 N–H and O–H groups in total. The summed E-state index contributed by atoms with van der Waals surface area (Å²) in [7, 11) is 0. The summed E-state index contributed by atoms with van der Waals surface area (Å²) >= 11 is 0. The summed E-state index contributed by atoms with van der Waals surface area (Å²) in [6, 6.07) is 21.1. The molecule has 1 aromatic heterocycles. The Hall–Kier alpha value is -2.41. The van der Waals surface area contributed by atoms with Crippen molar-refractivity contribution in [3.8, 4) is 22.4 Å². The first-order valence-corrected chi connectivity index (χ1v) is 6.82. The molecule has 20 heavy (non-hydrogen) atoms. The third-order valence-electron chi connectivity index (χ3n) is 3.39. The van der Waals surface area contributed by atoms with Gasteiger partial charge in [0.2, 0.25) is 0 Å². The predicted molar refractivity (Wildman–Crippen MR) is 84.6 cm³/mol. The summed E-state index contributed by atoms with van der Waals surface area (Å²) in [6.07, 6.45) is 1.95. The lowest BCUT2D eigenvalue weighted by Crippen LogP contribution is -1.87. The maximum absolute atomic E-state index is 4.61. The highest BCUT2D eigenvalue weighted by molar-refractivity contribution is 5.67. The lowest BCUT2D eigenvalue weighted by molar-refractivity contribution is 1.30. The number of hydrogen-bond donors (Lipinski definition) is 0. The molecule has 0 aliphatic rings. The fourth-order valence-corrected chi connectivity index (χ4v) is 2.49. The van der Waals surface area contributed by atoms with Gasteiger partial charge in [0.25, 0.3) is 0 Å². The Kier molecular flexibility index (Phi) is 3.34. The molecule has 0 spiro atoms. The molecule has 0 saturated carbocycles. The van der Waals surface area contributed by atoms with Crippen LogP contribution in [0.25, 0.3) is 22.4 Å². The third-order valence-corrected chi connectivity index (χ3v) is 3.39. The molecule has 0 saturated heterocycles. The van der Waals surface area contributed by atoms with Crippen LogP contribution >= 0.6 is 0 Å². The maximum atomic E-state index is 4.61. The molecule has 1 nitrogen and oxygen atoms in total. The lowest BCUT2D eigenvalue weighted by atomic mass is 10.0. The Morgan fingerprint density at radius 2 is 1.35 bits per heavy atom. The van der Waals surface area contributed by atoms with E-state index < -0.39 is 0 Å². The molecule has 0 fully saturated rings. The fourth-order valence-electron chi connectivity index (χ4n) is 2.49. The Bertz CT molecular complexity index is 692. The number of aryl methyl sites for hydroxylation is 2. The Morgan fingerprint density at radius 3 is 1.95 bits per heavy atom. The molecule has 0 bridgehead atoms. The zero-order chi connectivity index (χ0) is 13.9. The number of nitrogens with zero attached hydrogens (tertiary/aromatic N) is 1. The molecule has 1 heterocycles. The number of benzene rings is 2. The van der Waals surface area contributed by atoms with Gasteiger partial charge in [0.1, 0.15) is 0 Å². The highest BCUT2D eigenvalue weighted by Crippen LogP contribution is 2.23. The van der Waals surface area contributed by atoms with Gasteiger partial charge in [-0.15, -0.1) is 0 Å². The van der Waals surface area contributed by atoms with Crippen LogP contribution in [0, 0.1) is 13.8 Å². The van der Waals surface area contributed by atoms with E-state index in [2.05, 4.69) is 61.3 Å². The molecule has 1 heteroatoms. The van der Waals surface area contributed by atoms with Crippen LogP contribution in [0.4, 0.5) is 0 Å². The molecular formula is C19H17N. The molecule has 0 aliphatic heterocycles. The minimum Gasteiger partial charge on any atom is -0.256 e. The standard InChI is InChI=1S/C19H17N/c1-14-10-15(2)12-18(11-14)19-9-8-17(13-20-19)16-6-4-3-5-7-16/h3-13H,1-2H3. The molecule has 0 aliphatic carbocycles. The summed E-state index contributed by atoms with van der Waals surface area (Å²) in [4.78, 5) is 4.61. The topological polar surface area (TPSA) is 12.9 Å². The molecule has 3 aromatic rings. The predicted octanol–water partition coefficient (Wildman–Crippen LogP) is 5.03. The average molecular weight is 259 g/mol. The summed E-state index contributed by atoms with van der Waals surface area (Å²) in [6.45, 7) is 4.24. The van der Waals surface area contributed by atoms with Crippen molar-refractivity contribution < 1.29 is 0 Å². The first-order chi connectivity index (χ1) is 9.72. The van der Waals surface area contributed by atoms with Crippen molar-refractivity contribution in [2.45, 2.75) is 13.8 Å². The van der Waals surface area contributed by atoms with Crippen molar-refractivity contribution in [1.82, 2.24) is 4.98 Å². The van der Waals surface area contributed by atoms with Gasteiger partial charge in [-0.3, -0.25) is 4.98 Å². The van der Waals surface area contributed by atoms with Gasteiger partial charge in [-0.25, -0.2) is 0 Å². The normalized spacial score (nSPS) is 10.5. The van der Waals surface area contributed by atoms with Gasteiger partial charge in [0.05, 0.1) is 5.69 Å². The Morgan fingerprint density at radius 1 is 0.650 bits per heavy atom. The van der Waals surface area contributed by atoms with Crippen LogP contribution in [0.5, 0.6) is 0 Å². The summed E-state index contributed by atoms with van der Waals surface area (Å²) in [5.41, 5.74) is 7.10. The van der Waals surface area contributed by atoms with E-state index in [1.165, 1.54) is 22.3 Å². The number of rotatable bonds is 2. The lowest BCUT2D eigenvalue weighted by Gasteiger charge is -2.06. The van der Waals surface area contributed by atoms with Gasteiger partial charge < -0.3 is 0 Å². The molecular weight excluding hydrogens is 242 g/mol. The van der Waals surface area contributed by atoms with E-state index in [1.807, 2.05) is 24.4 Å². The highest BCUT2D eigenvalue weighted by atomic mass is 14.7. The van der Waals surface area contributed by atoms with E-state index >= 15 is 0 Å². The number of aromatic nitrogens is 1. The molecule has 0 unspecified atom stereocenters. The minimum absolute atomic E-state index is 1.02. The Balaban J connectivity index is 1.97. The highest BCUT2D eigenvalue weighted by Gasteiger charge is 2.02. The van der Waals surface area contributed by atoms with E-state index in [1.54, 1.807) is 0 Å². The quantitative estimate of drug-likeness (QED) is 0.628. The third kappa shape index (κ3) is 2.62. The first-order valence-electron chi connectivity index (χ1n) is 6.82. The van der Waals surface area contributed by atoms with Gasteiger partial charge in [0, 0.05) is 17.3 Å². The Labute approximate surface area is 119 Å². The second kappa shape index (κ2) is 5.30. The van der Waals surface area contributed by atoms with Gasteiger partial charge in [-0.2, -0.15) is 0 Å². The molecule has 0 atom stereocenters. The van der Waals surface area contributed by atoms with Crippen LogP contribution in [0.1, 0.15) is 11.1 Å². The van der Waals surface area contributed by atoms with Gasteiger partial charge in [0.15, 0.2) is 0 Å². The summed E-state index contributed by atoms with van der Waals surface area (Å²) in [5.74, 6) is 0. The number of hydrogen-bond acceptors (Lipinski definition) is 1. The maximum Gasteiger partial charge on any atom is 0.0702 e. The average Bonchev–Trinajstić information content (AvgIpc) is 2.47. The van der Waals surface area contributed by atoms with Crippen molar-refractivity contribution >= 4 is 0 Å². The molecule has 2 aromatic carbocycles. The largest absolute Gasteiger partial charge is 0.256 e. The SMILES string of the molecule is Cc1cc(C)cc(-c2ccc(-c3ccccc3)cn2)c1. The first kappa shape index (κ1) is 12.6. The molecule has 0 radical (unpaired) electrons. The van der Waals surface area contributed by atoms with Crippen LogP contribution in [-0.2, 0) is 0 Å². The van der Waals surface area contributed by atoms with Crippen molar-refractivity contribution in [3.05, 3.63) is 78.0 Å². The monoisotopic (exact) mass is 259 g/mol. The van der Waals surface area contributed by atoms with E-state index in [-0.39, 0.29) is 0 Å². The van der Waals surface area contributed by atoms with Crippen LogP contribution in [0.3, 0.4) is 0 Å². The smallest absolute Gasteiger partial charge is 0.0702 e. The van der Waals surface area contributed by atoms with Crippen LogP contribution in [0.2, 0.25) is 0 Å². The van der Waals surface area contributed by atoms with Crippen LogP contribution in [-0.4, -0.2) is 4.98 Å². The van der Waals surface area contributed by atoms with E-state index in [0.29, 0.717) is 0 Å². The van der Waals surface area contributed by atoms with Crippen molar-refractivity contribution in [3.63, 3.8) is 0 Å². The van der Waals surface area contributed by atoms with Crippen LogP contribution in [0.15, 0.2) is 66.9 Å². The van der Waals surface area contributed by atoms with Crippen molar-refractivity contribution in [2.24, 2.45) is 0 Å². The van der Waals surface area contributed by atoms with Crippen molar-refractivity contribution in [1.29, 1.82) is 0 Å². The van der Waals surface area contributed by atoms with Crippen molar-refractivity contribution in [2.75, 3.05) is 0 Å². The second-order valence-electron chi connectivity index (χ2n) is 5.17. The van der Waals surface area contributed by atoms with E-state index in [4.69, 9.17) is 0 Å². The minimum atomic E-state index is 1.02. The van der Waals surface area contributed by atoms with Crippen LogP contribution < -0.4 is 0 Å². The van der Waals surface area contributed by atoms with Gasteiger partial charge in [-0.05, 0) is 37.6 Å².